The van der Waals surface area contributed by atoms with Crippen LogP contribution >= 0.6 is 11.8 Å². The summed E-state index contributed by atoms with van der Waals surface area (Å²) in [6.07, 6.45) is 1.66. The number of carbonyl (C=O) groups is 1. The fraction of sp³-hybridized carbons (Fsp3) is 0.222. The summed E-state index contributed by atoms with van der Waals surface area (Å²) in [5.74, 6) is 0.588. The van der Waals surface area contributed by atoms with E-state index in [1.807, 2.05) is 32.0 Å². The molecule has 0 unspecified atom stereocenters. The number of para-hydroxylation sites is 1. The highest BCUT2D eigenvalue weighted by Crippen LogP contribution is 2.20. The lowest BCUT2D eigenvalue weighted by Gasteiger charge is -2.12. The number of fused-ring (bicyclic) bond motifs is 1. The van der Waals surface area contributed by atoms with Gasteiger partial charge in [-0.1, -0.05) is 23.9 Å². The Labute approximate surface area is 149 Å². The van der Waals surface area contributed by atoms with Crippen LogP contribution in [0, 0.1) is 6.92 Å². The minimum Gasteiger partial charge on any atom is -0.356 e. The van der Waals surface area contributed by atoms with Crippen LogP contribution in [0.1, 0.15) is 12.5 Å². The van der Waals surface area contributed by atoms with Crippen LogP contribution < -0.4 is 10.9 Å². The van der Waals surface area contributed by atoms with Crippen molar-refractivity contribution in [3.05, 3.63) is 58.5 Å². The molecule has 0 saturated carbocycles. The van der Waals surface area contributed by atoms with Crippen molar-refractivity contribution in [2.75, 3.05) is 12.3 Å². The number of nitrogens with one attached hydrogen (secondary N) is 1. The number of pyridine rings is 1. The summed E-state index contributed by atoms with van der Waals surface area (Å²) in [6, 6.07) is 10.9. The number of hydrogen-bond donors (Lipinski definition) is 1. The van der Waals surface area contributed by atoms with Gasteiger partial charge in [-0.15, -0.1) is 0 Å². The van der Waals surface area contributed by atoms with Gasteiger partial charge in [-0.2, -0.15) is 0 Å². The van der Waals surface area contributed by atoms with E-state index >= 15 is 0 Å². The molecule has 0 spiro atoms. The standard InChI is InChI=1S/C18H18N4O2S/c1-3-19-16(23)11-25-18-21-14-7-5-4-6-13(14)17(24)22(18)15-10-12(2)8-9-20-15/h4-10H,3,11H2,1-2H3,(H,19,23). The van der Waals surface area contributed by atoms with Gasteiger partial charge in [0.15, 0.2) is 5.16 Å². The number of carbonyl (C=O) groups excluding carboxylic acids is 1. The monoisotopic (exact) mass is 354 g/mol. The molecule has 0 fully saturated rings. The van der Waals surface area contributed by atoms with Crippen molar-refractivity contribution in [1.82, 2.24) is 19.9 Å². The largest absolute Gasteiger partial charge is 0.356 e. The third kappa shape index (κ3) is 3.71. The molecule has 3 rings (SSSR count). The van der Waals surface area contributed by atoms with E-state index in [1.165, 1.54) is 16.3 Å². The van der Waals surface area contributed by atoms with Gasteiger partial charge in [-0.3, -0.25) is 9.59 Å². The Balaban J connectivity index is 2.14. The third-order valence-electron chi connectivity index (χ3n) is 3.58. The van der Waals surface area contributed by atoms with Gasteiger partial charge in [-0.05, 0) is 43.7 Å². The van der Waals surface area contributed by atoms with Crippen molar-refractivity contribution in [1.29, 1.82) is 0 Å². The summed E-state index contributed by atoms with van der Waals surface area (Å²) in [5, 5.41) is 3.72. The molecule has 0 aliphatic rings. The van der Waals surface area contributed by atoms with Crippen LogP contribution in [0.15, 0.2) is 52.5 Å². The molecule has 1 N–H and O–H groups in total. The first-order valence-corrected chi connectivity index (χ1v) is 8.93. The molecule has 1 amide bonds. The lowest BCUT2D eigenvalue weighted by atomic mass is 10.2. The van der Waals surface area contributed by atoms with E-state index in [-0.39, 0.29) is 17.2 Å². The zero-order valence-electron chi connectivity index (χ0n) is 14.0. The summed E-state index contributed by atoms with van der Waals surface area (Å²) >= 11 is 1.22. The molecule has 25 heavy (non-hydrogen) atoms. The van der Waals surface area contributed by atoms with E-state index < -0.39 is 0 Å². The number of benzene rings is 1. The first-order chi connectivity index (χ1) is 12.1. The molecular weight excluding hydrogens is 336 g/mol. The molecule has 0 saturated heterocycles. The molecular formula is C18H18N4O2S. The molecule has 0 radical (unpaired) electrons. The average Bonchev–Trinajstić information content (AvgIpc) is 2.60. The zero-order valence-corrected chi connectivity index (χ0v) is 14.8. The van der Waals surface area contributed by atoms with Gasteiger partial charge >= 0.3 is 0 Å². The first-order valence-electron chi connectivity index (χ1n) is 7.94. The van der Waals surface area contributed by atoms with Crippen molar-refractivity contribution < 1.29 is 4.79 Å². The number of aryl methyl sites for hydroxylation is 1. The second-order valence-corrected chi connectivity index (χ2v) is 6.43. The number of amides is 1. The predicted octanol–water partition coefficient (Wildman–Crippen LogP) is 2.32. The van der Waals surface area contributed by atoms with E-state index in [2.05, 4.69) is 15.3 Å². The third-order valence-corrected chi connectivity index (χ3v) is 4.52. The van der Waals surface area contributed by atoms with Gasteiger partial charge < -0.3 is 5.32 Å². The Kier molecular flexibility index (Phi) is 5.14. The van der Waals surface area contributed by atoms with E-state index in [0.717, 1.165) is 5.56 Å². The lowest BCUT2D eigenvalue weighted by molar-refractivity contribution is -0.118. The molecule has 7 heteroatoms. The highest BCUT2D eigenvalue weighted by Gasteiger charge is 2.15. The maximum atomic E-state index is 13.0. The van der Waals surface area contributed by atoms with E-state index in [4.69, 9.17) is 0 Å². The van der Waals surface area contributed by atoms with Gasteiger partial charge in [0.25, 0.3) is 5.56 Å². The van der Waals surface area contributed by atoms with Gasteiger partial charge in [-0.25, -0.2) is 14.5 Å². The lowest BCUT2D eigenvalue weighted by Crippen LogP contribution is -2.26. The minimum atomic E-state index is -0.193. The molecule has 2 aromatic heterocycles. The number of thioether (sulfide) groups is 1. The van der Waals surface area contributed by atoms with Crippen molar-refractivity contribution in [2.24, 2.45) is 0 Å². The van der Waals surface area contributed by atoms with Crippen LogP contribution in [-0.4, -0.2) is 32.7 Å². The molecule has 6 nitrogen and oxygen atoms in total. The van der Waals surface area contributed by atoms with Crippen molar-refractivity contribution in [3.8, 4) is 5.82 Å². The van der Waals surface area contributed by atoms with E-state index in [0.29, 0.717) is 28.4 Å². The Bertz CT molecular complexity index is 984. The van der Waals surface area contributed by atoms with Gasteiger partial charge in [0.2, 0.25) is 5.91 Å². The normalized spacial score (nSPS) is 10.8. The van der Waals surface area contributed by atoms with Gasteiger partial charge in [0, 0.05) is 12.7 Å². The van der Waals surface area contributed by atoms with Crippen LogP contribution in [0.4, 0.5) is 0 Å². The smallest absolute Gasteiger partial charge is 0.267 e. The average molecular weight is 354 g/mol. The number of hydrogen-bond acceptors (Lipinski definition) is 5. The molecule has 128 valence electrons. The minimum absolute atomic E-state index is 0.0985. The summed E-state index contributed by atoms with van der Waals surface area (Å²) in [5.41, 5.74) is 1.40. The summed E-state index contributed by atoms with van der Waals surface area (Å²) < 4.78 is 1.47. The molecule has 0 atom stereocenters. The topological polar surface area (TPSA) is 76.9 Å². The summed E-state index contributed by atoms with van der Waals surface area (Å²) in [4.78, 5) is 33.7. The second-order valence-electron chi connectivity index (χ2n) is 5.49. The van der Waals surface area contributed by atoms with Crippen molar-refractivity contribution in [3.63, 3.8) is 0 Å². The highest BCUT2D eigenvalue weighted by atomic mass is 32.2. The van der Waals surface area contributed by atoms with Crippen LogP contribution in [-0.2, 0) is 4.79 Å². The summed E-state index contributed by atoms with van der Waals surface area (Å²) in [7, 11) is 0. The van der Waals surface area contributed by atoms with Gasteiger partial charge in [0.05, 0.1) is 16.7 Å². The first kappa shape index (κ1) is 17.2. The number of aromatic nitrogens is 3. The van der Waals surface area contributed by atoms with Crippen molar-refractivity contribution >= 4 is 28.6 Å². The SMILES string of the molecule is CCNC(=O)CSc1nc2ccccc2c(=O)n1-c1cc(C)ccn1. The fourth-order valence-corrected chi connectivity index (χ4v) is 3.26. The molecule has 2 heterocycles. The summed E-state index contributed by atoms with van der Waals surface area (Å²) in [6.45, 7) is 4.37. The van der Waals surface area contributed by atoms with Crippen molar-refractivity contribution in [2.45, 2.75) is 19.0 Å². The Morgan fingerprint density at radius 2 is 2.08 bits per heavy atom. The Morgan fingerprint density at radius 3 is 2.84 bits per heavy atom. The molecule has 1 aromatic carbocycles. The molecule has 0 aliphatic carbocycles. The zero-order chi connectivity index (χ0) is 17.8. The fourth-order valence-electron chi connectivity index (χ4n) is 2.43. The van der Waals surface area contributed by atoms with E-state index in [9.17, 15) is 9.59 Å². The van der Waals surface area contributed by atoms with Crippen LogP contribution in [0.5, 0.6) is 0 Å². The van der Waals surface area contributed by atoms with Gasteiger partial charge in [0.1, 0.15) is 5.82 Å². The van der Waals surface area contributed by atoms with Crippen LogP contribution in [0.2, 0.25) is 0 Å². The molecule has 3 aromatic rings. The van der Waals surface area contributed by atoms with Crippen LogP contribution in [0.3, 0.4) is 0 Å². The van der Waals surface area contributed by atoms with Crippen LogP contribution in [0.25, 0.3) is 16.7 Å². The van der Waals surface area contributed by atoms with E-state index in [1.54, 1.807) is 24.4 Å². The predicted molar refractivity (Wildman–Crippen MR) is 99.3 cm³/mol. The molecule has 0 aliphatic heterocycles. The molecule has 0 bridgehead atoms. The number of nitrogens with zero attached hydrogens (tertiary/aromatic N) is 3. The number of rotatable bonds is 5. The Morgan fingerprint density at radius 1 is 1.28 bits per heavy atom. The Hall–Kier alpha value is -2.67. The second kappa shape index (κ2) is 7.48. The quantitative estimate of drug-likeness (QED) is 0.562. The maximum absolute atomic E-state index is 13.0. The highest BCUT2D eigenvalue weighted by molar-refractivity contribution is 7.99. The maximum Gasteiger partial charge on any atom is 0.267 e.